The monoisotopic (exact) mass is 298 g/mol. The summed E-state index contributed by atoms with van der Waals surface area (Å²) in [5.74, 6) is -1.18. The molecule has 0 aliphatic rings. The summed E-state index contributed by atoms with van der Waals surface area (Å²) in [6, 6.07) is 5.74. The Labute approximate surface area is 123 Å². The molecule has 0 bridgehead atoms. The molecule has 6 heteroatoms. The minimum absolute atomic E-state index is 0.140. The molecule has 2 atom stereocenters. The summed E-state index contributed by atoms with van der Waals surface area (Å²) in [6.07, 6.45) is 0.668. The van der Waals surface area contributed by atoms with Gasteiger partial charge < -0.3 is 15.7 Å². The number of nitrogens with one attached hydrogen (secondary N) is 2. The Bertz CT molecular complexity index is 479. The number of hydrogen-bond acceptors (Lipinski definition) is 2. The van der Waals surface area contributed by atoms with Crippen LogP contribution in [0.1, 0.15) is 25.8 Å². The molecule has 0 saturated carbocycles. The number of hydrogen-bond donors (Lipinski definition) is 3. The van der Waals surface area contributed by atoms with Crippen molar-refractivity contribution < 1.29 is 14.7 Å². The van der Waals surface area contributed by atoms with Crippen molar-refractivity contribution >= 4 is 23.6 Å². The van der Waals surface area contributed by atoms with E-state index >= 15 is 0 Å². The average molecular weight is 299 g/mol. The third-order valence-electron chi connectivity index (χ3n) is 3.16. The molecule has 1 rings (SSSR count). The molecular weight excluding hydrogens is 280 g/mol. The van der Waals surface area contributed by atoms with Gasteiger partial charge in [0.2, 0.25) is 0 Å². The second kappa shape index (κ2) is 7.75. The lowest BCUT2D eigenvalue weighted by atomic mass is 9.99. The van der Waals surface area contributed by atoms with Crippen LogP contribution in [0.4, 0.5) is 4.79 Å². The molecule has 5 nitrogen and oxygen atoms in total. The Balaban J connectivity index is 2.55. The van der Waals surface area contributed by atoms with E-state index in [1.165, 1.54) is 0 Å². The van der Waals surface area contributed by atoms with Crippen molar-refractivity contribution in [3.05, 3.63) is 34.9 Å². The smallest absolute Gasteiger partial charge is 0.326 e. The zero-order chi connectivity index (χ0) is 15.1. The van der Waals surface area contributed by atoms with Crippen LogP contribution in [-0.2, 0) is 11.3 Å². The number of aliphatic carboxylic acids is 1. The van der Waals surface area contributed by atoms with Gasteiger partial charge >= 0.3 is 12.0 Å². The number of halogens is 1. The second-order valence-corrected chi connectivity index (χ2v) is 5.03. The van der Waals surface area contributed by atoms with Gasteiger partial charge in [-0.3, -0.25) is 0 Å². The van der Waals surface area contributed by atoms with E-state index in [0.29, 0.717) is 11.4 Å². The highest BCUT2D eigenvalue weighted by atomic mass is 35.5. The largest absolute Gasteiger partial charge is 0.480 e. The van der Waals surface area contributed by atoms with E-state index in [0.717, 1.165) is 5.56 Å². The first-order valence-corrected chi connectivity index (χ1v) is 6.84. The molecule has 0 radical (unpaired) electrons. The van der Waals surface area contributed by atoms with Gasteiger partial charge in [-0.15, -0.1) is 0 Å². The predicted molar refractivity (Wildman–Crippen MR) is 77.7 cm³/mol. The van der Waals surface area contributed by atoms with Crippen molar-refractivity contribution in [2.75, 3.05) is 0 Å². The van der Waals surface area contributed by atoms with E-state index in [9.17, 15) is 9.59 Å². The van der Waals surface area contributed by atoms with Crippen LogP contribution in [0.25, 0.3) is 0 Å². The SMILES string of the molecule is CC[C@@H](C)[C@@H](NC(=O)NCc1ccccc1Cl)C(=O)O. The van der Waals surface area contributed by atoms with Gasteiger partial charge in [-0.05, 0) is 17.5 Å². The second-order valence-electron chi connectivity index (χ2n) is 4.62. The van der Waals surface area contributed by atoms with Crippen molar-refractivity contribution in [3.8, 4) is 0 Å². The van der Waals surface area contributed by atoms with Crippen molar-refractivity contribution in [1.82, 2.24) is 10.6 Å². The third kappa shape index (κ3) is 4.74. The maximum atomic E-state index is 11.7. The standard InChI is InChI=1S/C14H19ClN2O3/c1-3-9(2)12(13(18)19)17-14(20)16-8-10-6-4-5-7-11(10)15/h4-7,9,12H,3,8H2,1-2H3,(H,18,19)(H2,16,17,20)/t9-,12-/m1/s1. The molecule has 1 aromatic rings. The minimum Gasteiger partial charge on any atom is -0.480 e. The first-order valence-electron chi connectivity index (χ1n) is 6.46. The number of carbonyl (C=O) groups excluding carboxylic acids is 1. The van der Waals surface area contributed by atoms with Crippen molar-refractivity contribution in [3.63, 3.8) is 0 Å². The maximum absolute atomic E-state index is 11.7. The zero-order valence-corrected chi connectivity index (χ0v) is 12.3. The van der Waals surface area contributed by atoms with Gasteiger partial charge in [0, 0.05) is 11.6 Å². The van der Waals surface area contributed by atoms with E-state index in [2.05, 4.69) is 10.6 Å². The summed E-state index contributed by atoms with van der Waals surface area (Å²) in [5.41, 5.74) is 0.778. The average Bonchev–Trinajstić information content (AvgIpc) is 2.42. The summed E-state index contributed by atoms with van der Waals surface area (Å²) >= 11 is 5.97. The van der Waals surface area contributed by atoms with E-state index < -0.39 is 18.0 Å². The molecule has 0 heterocycles. The van der Waals surface area contributed by atoms with Crippen LogP contribution in [0.2, 0.25) is 5.02 Å². The molecule has 0 saturated heterocycles. The summed E-state index contributed by atoms with van der Waals surface area (Å²) in [4.78, 5) is 22.8. The Morgan fingerprint density at radius 3 is 2.55 bits per heavy atom. The fraction of sp³-hybridized carbons (Fsp3) is 0.429. The van der Waals surface area contributed by atoms with Gasteiger partial charge in [0.05, 0.1) is 0 Å². The molecule has 110 valence electrons. The Morgan fingerprint density at radius 1 is 1.35 bits per heavy atom. The first-order chi connectivity index (χ1) is 9.45. The van der Waals surface area contributed by atoms with Gasteiger partial charge in [0.15, 0.2) is 0 Å². The molecule has 0 spiro atoms. The number of rotatable bonds is 6. The third-order valence-corrected chi connectivity index (χ3v) is 3.53. The number of carboxylic acids is 1. The van der Waals surface area contributed by atoms with Crippen LogP contribution >= 0.6 is 11.6 Å². The van der Waals surface area contributed by atoms with E-state index in [-0.39, 0.29) is 12.5 Å². The Kier molecular flexibility index (Phi) is 6.31. The number of benzene rings is 1. The summed E-state index contributed by atoms with van der Waals surface area (Å²) < 4.78 is 0. The summed E-state index contributed by atoms with van der Waals surface area (Å²) in [7, 11) is 0. The maximum Gasteiger partial charge on any atom is 0.326 e. The lowest BCUT2D eigenvalue weighted by molar-refractivity contribution is -0.140. The molecule has 0 fully saturated rings. The number of amides is 2. The number of urea groups is 1. The van der Waals surface area contributed by atoms with Gasteiger partial charge in [0.25, 0.3) is 0 Å². The molecular formula is C14H19ClN2O3. The highest BCUT2D eigenvalue weighted by Gasteiger charge is 2.25. The lowest BCUT2D eigenvalue weighted by Crippen LogP contribution is -2.48. The van der Waals surface area contributed by atoms with E-state index in [4.69, 9.17) is 16.7 Å². The summed E-state index contributed by atoms with van der Waals surface area (Å²) in [5, 5.41) is 14.7. The molecule has 0 aliphatic heterocycles. The molecule has 2 amide bonds. The fourth-order valence-corrected chi connectivity index (χ4v) is 1.90. The van der Waals surface area contributed by atoms with Crippen molar-refractivity contribution in [1.29, 1.82) is 0 Å². The Hall–Kier alpha value is -1.75. The van der Waals surface area contributed by atoms with Crippen molar-refractivity contribution in [2.45, 2.75) is 32.9 Å². The van der Waals surface area contributed by atoms with Crippen LogP contribution < -0.4 is 10.6 Å². The van der Waals surface area contributed by atoms with Gasteiger partial charge in [-0.25, -0.2) is 9.59 Å². The van der Waals surface area contributed by atoms with Gasteiger partial charge in [-0.2, -0.15) is 0 Å². The number of carboxylic acid groups (broad SMARTS) is 1. The van der Waals surface area contributed by atoms with Gasteiger partial charge in [0.1, 0.15) is 6.04 Å². The quantitative estimate of drug-likeness (QED) is 0.755. The normalized spacial score (nSPS) is 13.3. The lowest BCUT2D eigenvalue weighted by Gasteiger charge is -2.20. The zero-order valence-electron chi connectivity index (χ0n) is 11.5. The highest BCUT2D eigenvalue weighted by Crippen LogP contribution is 2.14. The minimum atomic E-state index is -1.03. The number of carbonyl (C=O) groups is 2. The van der Waals surface area contributed by atoms with E-state index in [1.54, 1.807) is 25.1 Å². The molecule has 3 N–H and O–H groups in total. The fourth-order valence-electron chi connectivity index (χ4n) is 1.69. The molecule has 0 aromatic heterocycles. The van der Waals surface area contributed by atoms with Crippen LogP contribution in [0.5, 0.6) is 0 Å². The van der Waals surface area contributed by atoms with Crippen LogP contribution in [-0.4, -0.2) is 23.1 Å². The first kappa shape index (κ1) is 16.3. The molecule has 1 aromatic carbocycles. The van der Waals surface area contributed by atoms with Crippen LogP contribution in [0, 0.1) is 5.92 Å². The van der Waals surface area contributed by atoms with Crippen LogP contribution in [0.3, 0.4) is 0 Å². The Morgan fingerprint density at radius 2 is 2.00 bits per heavy atom. The molecule has 0 aliphatic carbocycles. The topological polar surface area (TPSA) is 78.4 Å². The van der Waals surface area contributed by atoms with Crippen LogP contribution in [0.15, 0.2) is 24.3 Å². The van der Waals surface area contributed by atoms with E-state index in [1.807, 2.05) is 13.0 Å². The highest BCUT2D eigenvalue weighted by molar-refractivity contribution is 6.31. The van der Waals surface area contributed by atoms with Crippen molar-refractivity contribution in [2.24, 2.45) is 5.92 Å². The van der Waals surface area contributed by atoms with Gasteiger partial charge in [-0.1, -0.05) is 50.1 Å². The summed E-state index contributed by atoms with van der Waals surface area (Å²) in [6.45, 7) is 3.91. The molecule has 20 heavy (non-hydrogen) atoms. The molecule has 0 unspecified atom stereocenters. The predicted octanol–water partition coefficient (Wildman–Crippen LogP) is 2.64.